The average molecular weight is 311 g/mol. The van der Waals surface area contributed by atoms with Crippen molar-refractivity contribution >= 4 is 28.7 Å². The number of aliphatic hydroxyl groups excluding tert-OH is 2. The molecule has 1 fully saturated rings. The van der Waals surface area contributed by atoms with Crippen LogP contribution in [0.3, 0.4) is 0 Å². The van der Waals surface area contributed by atoms with Gasteiger partial charge < -0.3 is 20.7 Å². The van der Waals surface area contributed by atoms with Gasteiger partial charge in [0.05, 0.1) is 6.10 Å². The first-order valence-corrected chi connectivity index (χ1v) is 7.89. The highest BCUT2D eigenvalue weighted by Gasteiger charge is 2.44. The number of anilines is 1. The van der Waals surface area contributed by atoms with E-state index in [1.807, 2.05) is 6.26 Å². The number of rotatable bonds is 3. The molecule has 0 saturated carbocycles. The molecule has 1 saturated heterocycles. The van der Waals surface area contributed by atoms with Crippen molar-refractivity contribution in [2.24, 2.45) is 0 Å². The highest BCUT2D eigenvalue weighted by Crippen LogP contribution is 2.34. The van der Waals surface area contributed by atoms with Crippen LogP contribution >= 0.6 is 11.8 Å². The average Bonchev–Trinajstić information content (AvgIpc) is 2.92. The van der Waals surface area contributed by atoms with Crippen LogP contribution in [-0.2, 0) is 4.74 Å². The van der Waals surface area contributed by atoms with Crippen LogP contribution in [0.4, 0.5) is 5.82 Å². The summed E-state index contributed by atoms with van der Waals surface area (Å²) in [5.41, 5.74) is 6.74. The van der Waals surface area contributed by atoms with Crippen LogP contribution in [0, 0.1) is 6.92 Å². The number of nitrogens with two attached hydrogens (primary N) is 1. The first-order chi connectivity index (χ1) is 10.0. The molecule has 0 amide bonds. The van der Waals surface area contributed by atoms with Gasteiger partial charge in [-0.05, 0) is 13.2 Å². The Bertz CT molecular complexity index is 664. The molecule has 0 spiro atoms. The summed E-state index contributed by atoms with van der Waals surface area (Å²) >= 11 is 1.55. The Morgan fingerprint density at radius 3 is 2.86 bits per heavy atom. The predicted octanol–water partition coefficient (Wildman–Crippen LogP) is -0.301. The Labute approximate surface area is 125 Å². The standard InChI is InChI=1S/C12H17N5O3S/c1-5-16-7-10(13)14-4-15-11(7)17(5)12-9(19)8(18)6(20-12)3-21-2/h4,6,8-9,12,18-19H,3H2,1-2H3,(H2,13,14,15)/t6-,8?,9+,12-/m1/s1. The van der Waals surface area contributed by atoms with Crippen molar-refractivity contribution in [2.75, 3.05) is 17.7 Å². The van der Waals surface area contributed by atoms with Gasteiger partial charge in [0.1, 0.15) is 24.4 Å². The molecule has 2 aromatic rings. The lowest BCUT2D eigenvalue weighted by atomic mass is 10.1. The summed E-state index contributed by atoms with van der Waals surface area (Å²) in [6.45, 7) is 1.77. The third-order valence-corrected chi connectivity index (χ3v) is 4.27. The van der Waals surface area contributed by atoms with Gasteiger partial charge in [0, 0.05) is 5.75 Å². The Hall–Kier alpha value is -1.42. The van der Waals surface area contributed by atoms with Gasteiger partial charge in [-0.25, -0.2) is 15.0 Å². The molecule has 1 unspecified atom stereocenters. The molecule has 9 heteroatoms. The second-order valence-electron chi connectivity index (χ2n) is 4.96. The minimum atomic E-state index is -1.05. The molecular formula is C12H17N5O3S. The molecule has 1 aliphatic heterocycles. The summed E-state index contributed by atoms with van der Waals surface area (Å²) in [4.78, 5) is 12.4. The normalized spacial score (nSPS) is 29.3. The number of aromatic nitrogens is 4. The second-order valence-corrected chi connectivity index (χ2v) is 5.87. The molecular weight excluding hydrogens is 294 g/mol. The van der Waals surface area contributed by atoms with Crippen LogP contribution in [-0.4, -0.2) is 60.1 Å². The van der Waals surface area contributed by atoms with Crippen molar-refractivity contribution in [3.05, 3.63) is 12.2 Å². The van der Waals surface area contributed by atoms with Crippen molar-refractivity contribution in [2.45, 2.75) is 31.5 Å². The van der Waals surface area contributed by atoms with Crippen molar-refractivity contribution in [1.29, 1.82) is 0 Å². The van der Waals surface area contributed by atoms with E-state index in [1.165, 1.54) is 6.33 Å². The van der Waals surface area contributed by atoms with Gasteiger partial charge in [-0.2, -0.15) is 11.8 Å². The molecule has 0 bridgehead atoms. The lowest BCUT2D eigenvalue weighted by molar-refractivity contribution is -0.0300. The van der Waals surface area contributed by atoms with E-state index in [-0.39, 0.29) is 5.82 Å². The molecule has 0 aromatic carbocycles. The van der Waals surface area contributed by atoms with Crippen LogP contribution in [0.5, 0.6) is 0 Å². The summed E-state index contributed by atoms with van der Waals surface area (Å²) in [6.07, 6.45) is 0.0916. The molecule has 0 aliphatic carbocycles. The number of aliphatic hydroxyl groups is 2. The molecule has 4 atom stereocenters. The minimum Gasteiger partial charge on any atom is -0.387 e. The third kappa shape index (κ3) is 2.26. The SMILES string of the molecule is CSC[C@H]1O[C@@H](n2c(C)nc3c(N)ncnc32)[C@@H](O)C1O. The molecule has 3 rings (SSSR count). The first-order valence-electron chi connectivity index (χ1n) is 6.50. The summed E-state index contributed by atoms with van der Waals surface area (Å²) in [5, 5.41) is 20.4. The van der Waals surface area contributed by atoms with E-state index in [0.29, 0.717) is 22.7 Å². The molecule has 8 nitrogen and oxygen atoms in total. The minimum absolute atomic E-state index is 0.274. The summed E-state index contributed by atoms with van der Waals surface area (Å²) < 4.78 is 7.45. The number of hydrogen-bond donors (Lipinski definition) is 3. The van der Waals surface area contributed by atoms with Gasteiger partial charge in [0.15, 0.2) is 23.2 Å². The maximum Gasteiger partial charge on any atom is 0.167 e. The van der Waals surface area contributed by atoms with E-state index in [1.54, 1.807) is 23.3 Å². The van der Waals surface area contributed by atoms with E-state index >= 15 is 0 Å². The Balaban J connectivity index is 2.05. The molecule has 1 aliphatic rings. The van der Waals surface area contributed by atoms with Gasteiger partial charge in [0.25, 0.3) is 0 Å². The summed E-state index contributed by atoms with van der Waals surface area (Å²) in [7, 11) is 0. The Morgan fingerprint density at radius 2 is 2.14 bits per heavy atom. The second kappa shape index (κ2) is 5.41. The summed E-state index contributed by atoms with van der Waals surface area (Å²) in [6, 6.07) is 0. The lowest BCUT2D eigenvalue weighted by Gasteiger charge is -2.18. The number of fused-ring (bicyclic) bond motifs is 1. The smallest absolute Gasteiger partial charge is 0.167 e. The lowest BCUT2D eigenvalue weighted by Crippen LogP contribution is -2.32. The predicted molar refractivity (Wildman–Crippen MR) is 78.8 cm³/mol. The largest absolute Gasteiger partial charge is 0.387 e. The van der Waals surface area contributed by atoms with E-state index in [9.17, 15) is 10.2 Å². The Morgan fingerprint density at radius 1 is 1.38 bits per heavy atom. The number of nitrogen functional groups attached to an aromatic ring is 1. The van der Waals surface area contributed by atoms with Crippen LogP contribution in [0.1, 0.15) is 12.1 Å². The number of hydrogen-bond acceptors (Lipinski definition) is 8. The van der Waals surface area contributed by atoms with Crippen molar-refractivity contribution in [1.82, 2.24) is 19.5 Å². The van der Waals surface area contributed by atoms with Gasteiger partial charge in [0.2, 0.25) is 0 Å². The van der Waals surface area contributed by atoms with Crippen LogP contribution in [0.15, 0.2) is 6.33 Å². The highest BCUT2D eigenvalue weighted by atomic mass is 32.2. The molecule has 114 valence electrons. The first kappa shape index (κ1) is 14.5. The summed E-state index contributed by atoms with van der Waals surface area (Å²) in [5.74, 6) is 1.46. The number of aryl methyl sites for hydroxylation is 1. The van der Waals surface area contributed by atoms with Gasteiger partial charge >= 0.3 is 0 Å². The maximum atomic E-state index is 10.3. The van der Waals surface area contributed by atoms with E-state index in [0.717, 1.165) is 0 Å². The van der Waals surface area contributed by atoms with Crippen molar-refractivity contribution in [3.8, 4) is 0 Å². The quantitative estimate of drug-likeness (QED) is 0.707. The number of imidazole rings is 1. The zero-order valence-electron chi connectivity index (χ0n) is 11.7. The third-order valence-electron chi connectivity index (χ3n) is 3.60. The number of ether oxygens (including phenoxy) is 1. The highest BCUT2D eigenvalue weighted by molar-refractivity contribution is 7.98. The molecule has 21 heavy (non-hydrogen) atoms. The molecule has 0 radical (unpaired) electrons. The Kier molecular flexibility index (Phi) is 3.74. The molecule has 2 aromatic heterocycles. The fourth-order valence-electron chi connectivity index (χ4n) is 2.58. The van der Waals surface area contributed by atoms with Crippen molar-refractivity contribution < 1.29 is 14.9 Å². The van der Waals surface area contributed by atoms with Crippen molar-refractivity contribution in [3.63, 3.8) is 0 Å². The topological polar surface area (TPSA) is 119 Å². The number of nitrogens with zero attached hydrogens (tertiary/aromatic N) is 4. The van der Waals surface area contributed by atoms with Gasteiger partial charge in [-0.3, -0.25) is 4.57 Å². The van der Waals surface area contributed by atoms with E-state index in [4.69, 9.17) is 10.5 Å². The monoisotopic (exact) mass is 311 g/mol. The number of thioether (sulfide) groups is 1. The van der Waals surface area contributed by atoms with Gasteiger partial charge in [-0.1, -0.05) is 0 Å². The fraction of sp³-hybridized carbons (Fsp3) is 0.583. The fourth-order valence-corrected chi connectivity index (χ4v) is 3.19. The van der Waals surface area contributed by atoms with Crippen LogP contribution < -0.4 is 5.73 Å². The molecule has 4 N–H and O–H groups in total. The van der Waals surface area contributed by atoms with E-state index in [2.05, 4.69) is 15.0 Å². The zero-order valence-corrected chi connectivity index (χ0v) is 12.5. The van der Waals surface area contributed by atoms with Crippen LogP contribution in [0.25, 0.3) is 11.2 Å². The van der Waals surface area contributed by atoms with Gasteiger partial charge in [-0.15, -0.1) is 0 Å². The maximum absolute atomic E-state index is 10.3. The van der Waals surface area contributed by atoms with E-state index < -0.39 is 24.5 Å². The zero-order chi connectivity index (χ0) is 15.1. The molecule has 3 heterocycles. The van der Waals surface area contributed by atoms with Crippen LogP contribution in [0.2, 0.25) is 0 Å².